The molecule has 0 aromatic heterocycles. The predicted octanol–water partition coefficient (Wildman–Crippen LogP) is 2.22. The summed E-state index contributed by atoms with van der Waals surface area (Å²) < 4.78 is 5.54. The van der Waals surface area contributed by atoms with Gasteiger partial charge in [0.05, 0.1) is 6.10 Å². The van der Waals surface area contributed by atoms with Crippen molar-refractivity contribution in [2.24, 2.45) is 0 Å². The van der Waals surface area contributed by atoms with Crippen molar-refractivity contribution >= 4 is 0 Å². The molecule has 3 heteroatoms. The number of nitrogens with zero attached hydrogens (tertiary/aromatic N) is 2. The van der Waals surface area contributed by atoms with Crippen LogP contribution in [0.3, 0.4) is 0 Å². The van der Waals surface area contributed by atoms with Crippen molar-refractivity contribution in [1.29, 1.82) is 0 Å². The molecule has 1 fully saturated rings. The fraction of sp³-hybridized carbons (Fsp3) is 1.00. The highest BCUT2D eigenvalue weighted by atomic mass is 16.5. The van der Waals surface area contributed by atoms with E-state index in [2.05, 4.69) is 30.7 Å². The van der Waals surface area contributed by atoms with Crippen molar-refractivity contribution in [2.45, 2.75) is 45.6 Å². The maximum Gasteiger partial charge on any atom is 0.0518 e. The third kappa shape index (κ3) is 7.74. The zero-order chi connectivity index (χ0) is 12.5. The minimum atomic E-state index is 0.371. The van der Waals surface area contributed by atoms with Crippen LogP contribution in [0.15, 0.2) is 0 Å². The smallest absolute Gasteiger partial charge is 0.0518 e. The molecule has 102 valence electrons. The monoisotopic (exact) mass is 242 g/mol. The Morgan fingerprint density at radius 1 is 1.12 bits per heavy atom. The molecule has 0 aromatic carbocycles. The summed E-state index contributed by atoms with van der Waals surface area (Å²) in [5, 5.41) is 0. The Labute approximate surface area is 107 Å². The van der Waals surface area contributed by atoms with Gasteiger partial charge in [0.15, 0.2) is 0 Å². The van der Waals surface area contributed by atoms with Gasteiger partial charge in [0.1, 0.15) is 0 Å². The summed E-state index contributed by atoms with van der Waals surface area (Å²) in [6, 6.07) is 0. The van der Waals surface area contributed by atoms with Crippen molar-refractivity contribution in [2.75, 3.05) is 46.4 Å². The maximum absolute atomic E-state index is 5.54. The number of rotatable bonds is 9. The van der Waals surface area contributed by atoms with Gasteiger partial charge in [-0.15, -0.1) is 0 Å². The quantitative estimate of drug-likeness (QED) is 0.577. The van der Waals surface area contributed by atoms with E-state index in [1.54, 1.807) is 0 Å². The van der Waals surface area contributed by atoms with E-state index in [4.69, 9.17) is 4.74 Å². The summed E-state index contributed by atoms with van der Waals surface area (Å²) >= 11 is 0. The van der Waals surface area contributed by atoms with E-state index in [0.29, 0.717) is 6.10 Å². The third-order valence-electron chi connectivity index (χ3n) is 3.35. The van der Waals surface area contributed by atoms with Gasteiger partial charge in [-0.1, -0.05) is 0 Å². The molecule has 0 saturated carbocycles. The minimum absolute atomic E-state index is 0.371. The Hall–Kier alpha value is -0.120. The second-order valence-corrected chi connectivity index (χ2v) is 5.48. The van der Waals surface area contributed by atoms with Crippen LogP contribution in [0.1, 0.15) is 39.5 Å². The van der Waals surface area contributed by atoms with E-state index in [9.17, 15) is 0 Å². The Balaban J connectivity index is 1.88. The third-order valence-corrected chi connectivity index (χ3v) is 3.35. The van der Waals surface area contributed by atoms with Gasteiger partial charge in [-0.25, -0.2) is 0 Å². The zero-order valence-corrected chi connectivity index (χ0v) is 12.0. The second-order valence-electron chi connectivity index (χ2n) is 5.48. The molecule has 0 aliphatic carbocycles. The fourth-order valence-electron chi connectivity index (χ4n) is 2.34. The van der Waals surface area contributed by atoms with Crippen molar-refractivity contribution in [1.82, 2.24) is 9.80 Å². The molecule has 0 radical (unpaired) electrons. The van der Waals surface area contributed by atoms with Crippen LogP contribution in [-0.2, 0) is 4.74 Å². The zero-order valence-electron chi connectivity index (χ0n) is 12.0. The number of likely N-dealkylation sites (tertiary alicyclic amines) is 1. The average Bonchev–Trinajstić information content (AvgIpc) is 2.77. The minimum Gasteiger partial charge on any atom is -0.379 e. The molecular formula is C14H30N2O. The first kappa shape index (κ1) is 14.9. The normalized spacial score (nSPS) is 17.5. The molecular weight excluding hydrogens is 212 g/mol. The van der Waals surface area contributed by atoms with Crippen molar-refractivity contribution < 1.29 is 4.74 Å². The maximum atomic E-state index is 5.54. The van der Waals surface area contributed by atoms with E-state index in [1.807, 2.05) is 0 Å². The van der Waals surface area contributed by atoms with E-state index in [1.165, 1.54) is 45.4 Å². The van der Waals surface area contributed by atoms with Gasteiger partial charge in [0.2, 0.25) is 0 Å². The van der Waals surface area contributed by atoms with Crippen LogP contribution in [0.25, 0.3) is 0 Å². The number of hydrogen-bond acceptors (Lipinski definition) is 3. The molecule has 1 aliphatic rings. The highest BCUT2D eigenvalue weighted by molar-refractivity contribution is 4.66. The van der Waals surface area contributed by atoms with Gasteiger partial charge >= 0.3 is 0 Å². The molecule has 1 aliphatic heterocycles. The average molecular weight is 242 g/mol. The number of hydrogen-bond donors (Lipinski definition) is 0. The molecule has 0 atom stereocenters. The Morgan fingerprint density at radius 2 is 1.76 bits per heavy atom. The summed E-state index contributed by atoms with van der Waals surface area (Å²) in [6.45, 7) is 11.4. The molecule has 0 bridgehead atoms. The molecule has 0 N–H and O–H groups in total. The highest BCUT2D eigenvalue weighted by Crippen LogP contribution is 2.07. The van der Waals surface area contributed by atoms with Crippen molar-refractivity contribution in [3.05, 3.63) is 0 Å². The fourth-order valence-corrected chi connectivity index (χ4v) is 2.34. The predicted molar refractivity (Wildman–Crippen MR) is 73.5 cm³/mol. The van der Waals surface area contributed by atoms with Gasteiger partial charge in [0, 0.05) is 13.2 Å². The summed E-state index contributed by atoms with van der Waals surface area (Å²) in [5.41, 5.74) is 0. The van der Waals surface area contributed by atoms with Crippen LogP contribution in [-0.4, -0.2) is 62.3 Å². The summed E-state index contributed by atoms with van der Waals surface area (Å²) in [6.07, 6.45) is 5.64. The molecule has 17 heavy (non-hydrogen) atoms. The first-order valence-electron chi connectivity index (χ1n) is 7.21. The lowest BCUT2D eigenvalue weighted by molar-refractivity contribution is 0.0719. The lowest BCUT2D eigenvalue weighted by Gasteiger charge is -2.19. The SMILES string of the molecule is CC(C)OCCCN(C)CCCN1CCCC1. The first-order valence-corrected chi connectivity index (χ1v) is 7.21. The molecule has 1 rings (SSSR count). The molecule has 3 nitrogen and oxygen atoms in total. The summed E-state index contributed by atoms with van der Waals surface area (Å²) in [5.74, 6) is 0. The van der Waals surface area contributed by atoms with Gasteiger partial charge in [-0.3, -0.25) is 0 Å². The largest absolute Gasteiger partial charge is 0.379 e. The van der Waals surface area contributed by atoms with Crippen LogP contribution in [0, 0.1) is 0 Å². The Kier molecular flexibility index (Phi) is 7.82. The van der Waals surface area contributed by atoms with Crippen LogP contribution in [0.4, 0.5) is 0 Å². The molecule has 1 heterocycles. The lowest BCUT2D eigenvalue weighted by atomic mass is 10.3. The van der Waals surface area contributed by atoms with Crippen LogP contribution in [0.5, 0.6) is 0 Å². The molecule has 0 aromatic rings. The highest BCUT2D eigenvalue weighted by Gasteiger charge is 2.10. The molecule has 1 saturated heterocycles. The van der Waals surface area contributed by atoms with Gasteiger partial charge in [-0.05, 0) is 72.8 Å². The molecule has 0 amide bonds. The standard InChI is InChI=1S/C14H30N2O/c1-14(2)17-13-7-9-15(3)8-6-12-16-10-4-5-11-16/h14H,4-13H2,1-3H3. The van der Waals surface area contributed by atoms with Crippen molar-refractivity contribution in [3.63, 3.8) is 0 Å². The van der Waals surface area contributed by atoms with E-state index < -0.39 is 0 Å². The van der Waals surface area contributed by atoms with Gasteiger partial charge in [-0.2, -0.15) is 0 Å². The lowest BCUT2D eigenvalue weighted by Crippen LogP contribution is -2.27. The summed E-state index contributed by atoms with van der Waals surface area (Å²) in [4.78, 5) is 5.02. The van der Waals surface area contributed by atoms with E-state index in [-0.39, 0.29) is 0 Å². The van der Waals surface area contributed by atoms with E-state index in [0.717, 1.165) is 19.6 Å². The number of ether oxygens (including phenoxy) is 1. The summed E-state index contributed by atoms with van der Waals surface area (Å²) in [7, 11) is 2.22. The Bertz CT molecular complexity index is 179. The van der Waals surface area contributed by atoms with Gasteiger partial charge < -0.3 is 14.5 Å². The molecule has 0 unspecified atom stereocenters. The Morgan fingerprint density at radius 3 is 2.41 bits per heavy atom. The second kappa shape index (κ2) is 8.90. The van der Waals surface area contributed by atoms with Crippen molar-refractivity contribution in [3.8, 4) is 0 Å². The van der Waals surface area contributed by atoms with Crippen LogP contribution < -0.4 is 0 Å². The molecule has 0 spiro atoms. The van der Waals surface area contributed by atoms with E-state index >= 15 is 0 Å². The topological polar surface area (TPSA) is 15.7 Å². The van der Waals surface area contributed by atoms with Gasteiger partial charge in [0.25, 0.3) is 0 Å². The first-order chi connectivity index (χ1) is 8.18. The van der Waals surface area contributed by atoms with Crippen LogP contribution >= 0.6 is 0 Å². The van der Waals surface area contributed by atoms with Crippen LogP contribution in [0.2, 0.25) is 0 Å².